The molecule has 0 radical (unpaired) electrons. The van der Waals surface area contributed by atoms with Crippen LogP contribution in [0.3, 0.4) is 0 Å². The van der Waals surface area contributed by atoms with E-state index in [-0.39, 0.29) is 0 Å². The first-order valence-electron chi connectivity index (χ1n) is 10.2. The summed E-state index contributed by atoms with van der Waals surface area (Å²) in [7, 11) is 0. The zero-order valence-electron chi connectivity index (χ0n) is 16.4. The fraction of sp³-hybridized carbons (Fsp3) is 0.364. The molecule has 0 spiro atoms. The average Bonchev–Trinajstić information content (AvgIpc) is 3.69. The van der Waals surface area contributed by atoms with Gasteiger partial charge in [-0.3, -0.25) is 0 Å². The predicted molar refractivity (Wildman–Crippen MR) is 120 cm³/mol. The summed E-state index contributed by atoms with van der Waals surface area (Å²) in [5.74, 6) is 1.95. The highest BCUT2D eigenvalue weighted by molar-refractivity contribution is 8.02. The van der Waals surface area contributed by atoms with E-state index in [0.717, 1.165) is 59.2 Å². The van der Waals surface area contributed by atoms with E-state index in [1.807, 2.05) is 35.7 Å². The van der Waals surface area contributed by atoms with Crippen molar-refractivity contribution >= 4 is 45.6 Å². The summed E-state index contributed by atoms with van der Waals surface area (Å²) < 4.78 is 15.5. The van der Waals surface area contributed by atoms with Crippen molar-refractivity contribution < 1.29 is 9.47 Å². The van der Waals surface area contributed by atoms with Gasteiger partial charge in [0.25, 0.3) is 0 Å². The van der Waals surface area contributed by atoms with E-state index in [2.05, 4.69) is 45.5 Å². The maximum atomic E-state index is 5.46. The van der Waals surface area contributed by atoms with E-state index in [0.29, 0.717) is 12.2 Å². The third-order valence-corrected chi connectivity index (χ3v) is 7.58. The third kappa shape index (κ3) is 3.85. The number of benzene rings is 2. The molecule has 0 aliphatic carbocycles. The Labute approximate surface area is 183 Å². The lowest BCUT2D eigenvalue weighted by atomic mass is 10.3. The summed E-state index contributed by atoms with van der Waals surface area (Å²) in [6.07, 6.45) is 0.668. The average molecular weight is 439 g/mol. The van der Waals surface area contributed by atoms with Crippen molar-refractivity contribution in [3.05, 3.63) is 48.5 Å². The predicted octanol–water partition coefficient (Wildman–Crippen LogP) is 4.07. The lowest BCUT2D eigenvalue weighted by molar-refractivity contribution is 0.379. The SMILES string of the molecule is c1ccc2c(c1)nc(SCCSc1nc3ccccc3n1C[C@@H]1CO1)n2C[C@H]1CO1. The normalized spacial score (nSPS) is 20.3. The number of ether oxygens (including phenoxy) is 2. The molecule has 0 bridgehead atoms. The summed E-state index contributed by atoms with van der Waals surface area (Å²) in [6, 6.07) is 16.7. The van der Waals surface area contributed by atoms with Crippen LogP contribution >= 0.6 is 23.5 Å². The van der Waals surface area contributed by atoms with Crippen LogP contribution in [0.4, 0.5) is 0 Å². The minimum absolute atomic E-state index is 0.334. The van der Waals surface area contributed by atoms with Crippen molar-refractivity contribution in [2.45, 2.75) is 35.6 Å². The van der Waals surface area contributed by atoms with Crippen LogP contribution in [0.25, 0.3) is 22.1 Å². The van der Waals surface area contributed by atoms with E-state index >= 15 is 0 Å². The summed E-state index contributed by atoms with van der Waals surface area (Å²) in [5.41, 5.74) is 4.49. The molecule has 2 aromatic heterocycles. The first-order chi connectivity index (χ1) is 14.8. The molecule has 2 fully saturated rings. The van der Waals surface area contributed by atoms with Gasteiger partial charge in [-0.05, 0) is 24.3 Å². The first-order valence-corrected chi connectivity index (χ1v) is 12.2. The highest BCUT2D eigenvalue weighted by atomic mass is 32.2. The monoisotopic (exact) mass is 438 g/mol. The Kier molecular flexibility index (Phi) is 4.95. The number of hydrogen-bond donors (Lipinski definition) is 0. The molecule has 154 valence electrons. The van der Waals surface area contributed by atoms with Crippen LogP contribution < -0.4 is 0 Å². The highest BCUT2D eigenvalue weighted by Crippen LogP contribution is 2.30. The number of epoxide rings is 2. The second kappa shape index (κ2) is 7.92. The smallest absolute Gasteiger partial charge is 0.169 e. The van der Waals surface area contributed by atoms with Crippen molar-refractivity contribution in [2.24, 2.45) is 0 Å². The quantitative estimate of drug-likeness (QED) is 0.223. The van der Waals surface area contributed by atoms with E-state index in [1.54, 1.807) is 0 Å². The highest BCUT2D eigenvalue weighted by Gasteiger charge is 2.26. The lowest BCUT2D eigenvalue weighted by Crippen LogP contribution is -2.06. The van der Waals surface area contributed by atoms with Gasteiger partial charge >= 0.3 is 0 Å². The van der Waals surface area contributed by atoms with Gasteiger partial charge in [0.2, 0.25) is 0 Å². The van der Waals surface area contributed by atoms with Crippen LogP contribution in [0.15, 0.2) is 58.8 Å². The van der Waals surface area contributed by atoms with Gasteiger partial charge in [0, 0.05) is 11.5 Å². The zero-order chi connectivity index (χ0) is 19.9. The number of imidazole rings is 2. The Morgan fingerprint density at radius 1 is 0.733 bits per heavy atom. The summed E-state index contributed by atoms with van der Waals surface area (Å²) in [6.45, 7) is 3.47. The molecule has 4 aromatic rings. The summed E-state index contributed by atoms with van der Waals surface area (Å²) >= 11 is 3.63. The molecule has 30 heavy (non-hydrogen) atoms. The standard InChI is InChI=1S/C22H22N4O2S2/c1-3-7-19-17(5-1)23-21(25(19)11-15-13-27-15)29-9-10-30-22-24-18-6-2-4-8-20(18)26(22)12-16-14-28-16/h1-8,15-16H,9-14H2/t15-,16+. The third-order valence-electron chi connectivity index (χ3n) is 5.36. The molecule has 2 aliphatic rings. The Hall–Kier alpha value is -2.00. The molecule has 6 nitrogen and oxygen atoms in total. The molecule has 0 unspecified atom stereocenters. The number of aromatic nitrogens is 4. The zero-order valence-corrected chi connectivity index (χ0v) is 18.1. The molecule has 2 atom stereocenters. The molecule has 2 saturated heterocycles. The van der Waals surface area contributed by atoms with Gasteiger partial charge in [-0.15, -0.1) is 0 Å². The second-order valence-electron chi connectivity index (χ2n) is 7.60. The van der Waals surface area contributed by atoms with Crippen molar-refractivity contribution in [2.75, 3.05) is 24.7 Å². The van der Waals surface area contributed by atoms with E-state index in [9.17, 15) is 0 Å². The van der Waals surface area contributed by atoms with E-state index < -0.39 is 0 Å². The molecule has 2 aliphatic heterocycles. The van der Waals surface area contributed by atoms with Crippen LogP contribution in [-0.2, 0) is 22.6 Å². The minimum atomic E-state index is 0.334. The molecule has 2 aromatic carbocycles. The number of thioether (sulfide) groups is 2. The first kappa shape index (κ1) is 18.7. The maximum absolute atomic E-state index is 5.46. The fourth-order valence-electron chi connectivity index (χ4n) is 3.70. The Bertz CT molecular complexity index is 1100. The van der Waals surface area contributed by atoms with Crippen LogP contribution in [0.1, 0.15) is 0 Å². The molecule has 0 saturated carbocycles. The molecule has 0 amide bonds. The Morgan fingerprint density at radius 2 is 1.17 bits per heavy atom. The molecular formula is C22H22N4O2S2. The largest absolute Gasteiger partial charge is 0.371 e. The van der Waals surface area contributed by atoms with Gasteiger partial charge in [-0.1, -0.05) is 47.8 Å². The van der Waals surface area contributed by atoms with Gasteiger partial charge < -0.3 is 18.6 Å². The molecule has 4 heterocycles. The Balaban J connectivity index is 1.16. The van der Waals surface area contributed by atoms with Crippen molar-refractivity contribution in [1.82, 2.24) is 19.1 Å². The second-order valence-corrected chi connectivity index (χ2v) is 9.72. The number of fused-ring (bicyclic) bond motifs is 2. The molecule has 8 heteroatoms. The maximum Gasteiger partial charge on any atom is 0.169 e. The number of para-hydroxylation sites is 4. The molecular weight excluding hydrogens is 416 g/mol. The Morgan fingerprint density at radius 3 is 1.60 bits per heavy atom. The van der Waals surface area contributed by atoms with E-state index in [1.165, 1.54) is 11.0 Å². The van der Waals surface area contributed by atoms with Gasteiger partial charge in [0.15, 0.2) is 10.3 Å². The summed E-state index contributed by atoms with van der Waals surface area (Å²) in [5, 5.41) is 2.15. The van der Waals surface area contributed by atoms with Gasteiger partial charge in [0.05, 0.1) is 60.6 Å². The molecule has 0 N–H and O–H groups in total. The van der Waals surface area contributed by atoms with Crippen molar-refractivity contribution in [1.29, 1.82) is 0 Å². The van der Waals surface area contributed by atoms with Gasteiger partial charge in [0.1, 0.15) is 0 Å². The van der Waals surface area contributed by atoms with Crippen LogP contribution in [0.2, 0.25) is 0 Å². The van der Waals surface area contributed by atoms with Crippen LogP contribution in [-0.4, -0.2) is 56.0 Å². The minimum Gasteiger partial charge on any atom is -0.371 e. The summed E-state index contributed by atoms with van der Waals surface area (Å²) in [4.78, 5) is 9.72. The van der Waals surface area contributed by atoms with Gasteiger partial charge in [-0.2, -0.15) is 0 Å². The fourth-order valence-corrected chi connectivity index (χ4v) is 5.72. The van der Waals surface area contributed by atoms with E-state index in [4.69, 9.17) is 19.4 Å². The number of rotatable bonds is 9. The van der Waals surface area contributed by atoms with Crippen LogP contribution in [0.5, 0.6) is 0 Å². The van der Waals surface area contributed by atoms with Gasteiger partial charge in [-0.25, -0.2) is 9.97 Å². The number of nitrogens with zero attached hydrogens (tertiary/aromatic N) is 4. The van der Waals surface area contributed by atoms with Crippen molar-refractivity contribution in [3.8, 4) is 0 Å². The van der Waals surface area contributed by atoms with Crippen LogP contribution in [0, 0.1) is 0 Å². The molecule has 6 rings (SSSR count). The lowest BCUT2D eigenvalue weighted by Gasteiger charge is -2.08. The van der Waals surface area contributed by atoms with Crippen molar-refractivity contribution in [3.63, 3.8) is 0 Å². The number of hydrogen-bond acceptors (Lipinski definition) is 6. The topological polar surface area (TPSA) is 60.7 Å².